The highest BCUT2D eigenvalue weighted by Gasteiger charge is 2.34. The maximum atomic E-state index is 10.4. The van der Waals surface area contributed by atoms with Crippen LogP contribution < -0.4 is 5.01 Å². The van der Waals surface area contributed by atoms with E-state index in [1.54, 1.807) is 0 Å². The zero-order valence-corrected chi connectivity index (χ0v) is 5.45. The molecular weight excluding hydrogens is 152 g/mol. The van der Waals surface area contributed by atoms with E-state index in [2.05, 4.69) is 15.5 Å². The van der Waals surface area contributed by atoms with Crippen molar-refractivity contribution in [2.75, 3.05) is 11.6 Å². The number of nitrogens with zero attached hydrogens (tertiary/aromatic N) is 6. The minimum Gasteiger partial charge on any atom is -0.219 e. The molecule has 0 amide bonds. The molecule has 0 bridgehead atoms. The van der Waals surface area contributed by atoms with E-state index in [0.29, 0.717) is 13.1 Å². The second kappa shape index (κ2) is 1.87. The molecule has 1 N–H and O–H groups in total. The molecule has 11 heavy (non-hydrogen) atoms. The molecular formula is C3H5N6O2+. The number of rotatable bonds is 1. The summed E-state index contributed by atoms with van der Waals surface area (Å²) >= 11 is 0. The van der Waals surface area contributed by atoms with Crippen LogP contribution in [0.4, 0.5) is 5.95 Å². The first-order valence-electron chi connectivity index (χ1n) is 2.99. The van der Waals surface area contributed by atoms with E-state index in [1.807, 2.05) is 0 Å². The maximum Gasteiger partial charge on any atom is 0.365 e. The van der Waals surface area contributed by atoms with Gasteiger partial charge >= 0.3 is 11.0 Å². The topological polar surface area (TPSA) is 87.2 Å². The van der Waals surface area contributed by atoms with Gasteiger partial charge in [0.05, 0.1) is 6.54 Å². The monoisotopic (exact) mass is 157 g/mol. The fourth-order valence-electron chi connectivity index (χ4n) is 0.981. The van der Waals surface area contributed by atoms with Crippen LogP contribution in [0, 0.1) is 4.91 Å². The molecule has 1 aliphatic rings. The van der Waals surface area contributed by atoms with Crippen molar-refractivity contribution in [2.45, 2.75) is 6.54 Å². The molecule has 0 fully saturated rings. The minimum absolute atomic E-state index is 0.266. The van der Waals surface area contributed by atoms with Crippen LogP contribution in [0.3, 0.4) is 0 Å². The molecule has 0 saturated heterocycles. The Hall–Kier alpha value is -1.73. The van der Waals surface area contributed by atoms with Crippen LogP contribution >= 0.6 is 0 Å². The predicted molar refractivity (Wildman–Crippen MR) is 30.6 cm³/mol. The van der Waals surface area contributed by atoms with E-state index < -0.39 is 0 Å². The van der Waals surface area contributed by atoms with Crippen molar-refractivity contribution in [2.24, 2.45) is 0 Å². The fraction of sp³-hybridized carbons (Fsp3) is 0.667. The van der Waals surface area contributed by atoms with Gasteiger partial charge in [-0.1, -0.05) is 5.10 Å². The maximum absolute atomic E-state index is 10.4. The summed E-state index contributed by atoms with van der Waals surface area (Å²) in [5.41, 5.74) is 0. The van der Waals surface area contributed by atoms with Crippen molar-refractivity contribution in [3.8, 4) is 0 Å². The summed E-state index contributed by atoms with van der Waals surface area (Å²) in [7, 11) is 0. The molecule has 8 heteroatoms. The van der Waals surface area contributed by atoms with Crippen LogP contribution in [-0.4, -0.2) is 37.0 Å². The van der Waals surface area contributed by atoms with Gasteiger partial charge < -0.3 is 0 Å². The quantitative estimate of drug-likeness (QED) is 0.503. The van der Waals surface area contributed by atoms with E-state index in [4.69, 9.17) is 5.21 Å². The molecule has 0 radical (unpaired) electrons. The van der Waals surface area contributed by atoms with Gasteiger partial charge in [-0.15, -0.1) is 0 Å². The van der Waals surface area contributed by atoms with Gasteiger partial charge in [0.25, 0.3) is 0 Å². The van der Waals surface area contributed by atoms with Crippen LogP contribution in [0.15, 0.2) is 0 Å². The zero-order chi connectivity index (χ0) is 7.84. The van der Waals surface area contributed by atoms with Crippen LogP contribution in [0.1, 0.15) is 0 Å². The third-order valence-corrected chi connectivity index (χ3v) is 1.47. The Labute approximate surface area is 60.5 Å². The lowest BCUT2D eigenvalue weighted by Crippen LogP contribution is -2.29. The summed E-state index contributed by atoms with van der Waals surface area (Å²) in [6.07, 6.45) is 0. The second-order valence-electron chi connectivity index (χ2n) is 2.08. The summed E-state index contributed by atoms with van der Waals surface area (Å²) in [4.78, 5) is 10.4. The first kappa shape index (κ1) is 6.01. The van der Waals surface area contributed by atoms with E-state index in [-0.39, 0.29) is 11.0 Å². The lowest BCUT2D eigenvalue weighted by Gasteiger charge is -1.93. The number of tetrazole rings is 1. The van der Waals surface area contributed by atoms with Gasteiger partial charge in [-0.05, 0) is 15.4 Å². The van der Waals surface area contributed by atoms with Crippen LogP contribution in [0.5, 0.6) is 0 Å². The number of aromatic nitrogens is 4. The summed E-state index contributed by atoms with van der Waals surface area (Å²) in [5, 5.41) is 19.7. The van der Waals surface area contributed by atoms with Gasteiger partial charge in [-0.25, -0.2) is 9.89 Å². The Bertz CT molecular complexity index is 294. The van der Waals surface area contributed by atoms with Gasteiger partial charge in [0, 0.05) is 0 Å². The minimum atomic E-state index is -0.269. The first-order chi connectivity index (χ1) is 5.29. The smallest absolute Gasteiger partial charge is 0.219 e. The molecule has 0 unspecified atom stereocenters. The van der Waals surface area contributed by atoms with Gasteiger partial charge in [0.1, 0.15) is 11.5 Å². The summed E-state index contributed by atoms with van der Waals surface area (Å²) < 4.78 is 1.43. The van der Waals surface area contributed by atoms with E-state index in [0.717, 1.165) is 5.01 Å². The first-order valence-corrected chi connectivity index (χ1v) is 2.99. The molecule has 0 atom stereocenters. The number of hydrogen-bond donors (Lipinski definition) is 1. The van der Waals surface area contributed by atoms with Crippen molar-refractivity contribution < 1.29 is 10.2 Å². The molecule has 0 aromatic carbocycles. The summed E-state index contributed by atoms with van der Waals surface area (Å²) in [5.74, 6) is 0.266. The number of fused-ring (bicyclic) bond motifs is 1. The number of hydrazine groups is 1. The Balaban J connectivity index is 2.38. The Morgan fingerprint density at radius 3 is 3.09 bits per heavy atom. The molecule has 58 valence electrons. The van der Waals surface area contributed by atoms with Crippen molar-refractivity contribution >= 4 is 5.95 Å². The average Bonchev–Trinajstić information content (AvgIpc) is 2.41. The Morgan fingerprint density at radius 2 is 2.36 bits per heavy atom. The standard InChI is InChI=1S/C3H5N6O2/c10-9(11)8-2-1-7-3(8)4-5-6-7/h1-2H2,(H,10,11)/q+1. The van der Waals surface area contributed by atoms with Crippen molar-refractivity contribution in [1.29, 1.82) is 0 Å². The molecule has 1 aromatic heterocycles. The van der Waals surface area contributed by atoms with Crippen LogP contribution in [0.25, 0.3) is 0 Å². The van der Waals surface area contributed by atoms with Gasteiger partial charge in [0.2, 0.25) is 0 Å². The number of anilines is 1. The molecule has 2 heterocycles. The van der Waals surface area contributed by atoms with Gasteiger partial charge in [0.15, 0.2) is 0 Å². The third kappa shape index (κ3) is 0.719. The van der Waals surface area contributed by atoms with E-state index >= 15 is 0 Å². The lowest BCUT2D eigenvalue weighted by molar-refractivity contribution is -0.799. The molecule has 0 saturated carbocycles. The zero-order valence-electron chi connectivity index (χ0n) is 5.45. The molecule has 0 spiro atoms. The normalized spacial score (nSPS) is 15.1. The molecule has 8 nitrogen and oxygen atoms in total. The predicted octanol–water partition coefficient (Wildman–Crippen LogP) is -1.42. The second-order valence-corrected chi connectivity index (χ2v) is 2.08. The van der Waals surface area contributed by atoms with Crippen LogP contribution in [-0.2, 0) is 6.54 Å². The summed E-state index contributed by atoms with van der Waals surface area (Å²) in [6, 6.07) is 0. The Kier molecular flexibility index (Phi) is 1.02. The molecule has 0 aliphatic carbocycles. The Morgan fingerprint density at radius 1 is 1.55 bits per heavy atom. The fourth-order valence-corrected chi connectivity index (χ4v) is 0.981. The third-order valence-electron chi connectivity index (χ3n) is 1.47. The average molecular weight is 157 g/mol. The van der Waals surface area contributed by atoms with Crippen molar-refractivity contribution in [3.05, 3.63) is 4.91 Å². The van der Waals surface area contributed by atoms with E-state index in [9.17, 15) is 4.91 Å². The molecule has 1 aliphatic heterocycles. The largest absolute Gasteiger partial charge is 0.365 e. The summed E-state index contributed by atoms with van der Waals surface area (Å²) in [6.45, 7) is 0.888. The van der Waals surface area contributed by atoms with E-state index in [1.165, 1.54) is 4.68 Å². The van der Waals surface area contributed by atoms with Gasteiger partial charge in [-0.3, -0.25) is 0 Å². The molecule has 2 rings (SSSR count). The highest BCUT2D eigenvalue weighted by atomic mass is 16.7. The van der Waals surface area contributed by atoms with Gasteiger partial charge in [-0.2, -0.15) is 0 Å². The SMILES string of the molecule is O=[N+](O)N1CCn2nnnc21. The van der Waals surface area contributed by atoms with Crippen molar-refractivity contribution in [3.63, 3.8) is 0 Å². The number of hydrogen-bond acceptors (Lipinski definition) is 4. The van der Waals surface area contributed by atoms with Crippen molar-refractivity contribution in [1.82, 2.24) is 20.2 Å². The highest BCUT2D eigenvalue weighted by molar-refractivity contribution is 5.25. The highest BCUT2D eigenvalue weighted by Crippen LogP contribution is 2.13. The van der Waals surface area contributed by atoms with Crippen LogP contribution in [0.2, 0.25) is 0 Å². The molecule has 1 aromatic rings. The lowest BCUT2D eigenvalue weighted by atomic mass is 10.7.